The fourth-order valence-electron chi connectivity index (χ4n) is 7.98. The van der Waals surface area contributed by atoms with E-state index >= 15 is 0 Å². The van der Waals surface area contributed by atoms with Crippen LogP contribution in [0.25, 0.3) is 0 Å². The van der Waals surface area contributed by atoms with Crippen LogP contribution in [0.2, 0.25) is 0 Å². The van der Waals surface area contributed by atoms with Crippen LogP contribution in [0.15, 0.2) is 24.3 Å². The molecule has 3 rings (SSSR count). The molecular formula is C39H63NO12. The van der Waals surface area contributed by atoms with Crippen LogP contribution in [-0.4, -0.2) is 126 Å². The first kappa shape index (κ1) is 43.8. The lowest BCUT2D eigenvalue weighted by molar-refractivity contribution is -0.301. The van der Waals surface area contributed by atoms with Crippen molar-refractivity contribution in [1.29, 1.82) is 0 Å². The number of hydrogen-bond donors (Lipinski definition) is 3. The van der Waals surface area contributed by atoms with Crippen LogP contribution in [0.3, 0.4) is 0 Å². The Kier molecular flexibility index (Phi) is 15.2. The van der Waals surface area contributed by atoms with Crippen LogP contribution in [-0.2, 0) is 44.5 Å². The maximum absolute atomic E-state index is 14.0. The highest BCUT2D eigenvalue weighted by atomic mass is 16.7. The molecule has 13 nitrogen and oxygen atoms in total. The van der Waals surface area contributed by atoms with Gasteiger partial charge in [-0.1, -0.05) is 45.9 Å². The van der Waals surface area contributed by atoms with Gasteiger partial charge in [0.2, 0.25) is 0 Å². The number of esters is 2. The molecule has 3 N–H and O–H groups in total. The number of Topliss-reactive ketones (excluding diaryl/α,β-unsaturated/α-hetero) is 1. The normalized spacial score (nSPS) is 39.8. The molecular weight excluding hydrogens is 674 g/mol. The van der Waals surface area contributed by atoms with Gasteiger partial charge < -0.3 is 48.6 Å². The second kappa shape index (κ2) is 18.1. The zero-order valence-electron chi connectivity index (χ0n) is 33.0. The summed E-state index contributed by atoms with van der Waals surface area (Å²) < 4.78 is 36.6. The summed E-state index contributed by atoms with van der Waals surface area (Å²) in [4.78, 5) is 43.6. The molecule has 0 radical (unpaired) electrons. The first-order valence-electron chi connectivity index (χ1n) is 18.4. The largest absolute Gasteiger partial charge is 0.496 e. The van der Waals surface area contributed by atoms with Gasteiger partial charge in [0.05, 0.1) is 43.4 Å². The second-order valence-corrected chi connectivity index (χ2v) is 15.5. The number of likely N-dealkylation sites (N-methyl/N-ethyl adjacent to an activating group) is 1. The molecule has 1 aromatic rings. The van der Waals surface area contributed by atoms with Crippen LogP contribution >= 0.6 is 0 Å². The highest BCUT2D eigenvalue weighted by Gasteiger charge is 2.53. The lowest BCUT2D eigenvalue weighted by atomic mass is 9.74. The molecule has 1 aromatic carbocycles. The Morgan fingerprint density at radius 1 is 1.02 bits per heavy atom. The summed E-state index contributed by atoms with van der Waals surface area (Å²) in [7, 11) is 6.70. The number of carbonyl (C=O) groups is 3. The van der Waals surface area contributed by atoms with E-state index < -0.39 is 83.6 Å². The smallest absolute Gasteiger partial charge is 0.312 e. The van der Waals surface area contributed by atoms with E-state index in [4.69, 9.17) is 28.4 Å². The molecule has 0 bridgehead atoms. The number of ether oxygens (including phenoxy) is 6. The molecule has 0 aromatic heterocycles. The molecule has 0 saturated carbocycles. The van der Waals surface area contributed by atoms with Gasteiger partial charge in [0, 0.05) is 36.5 Å². The third-order valence-electron chi connectivity index (χ3n) is 11.3. The van der Waals surface area contributed by atoms with Crippen molar-refractivity contribution in [1.82, 2.24) is 4.90 Å². The van der Waals surface area contributed by atoms with Gasteiger partial charge in [0.25, 0.3) is 0 Å². The van der Waals surface area contributed by atoms with E-state index in [2.05, 4.69) is 0 Å². The minimum Gasteiger partial charge on any atom is -0.496 e. The third kappa shape index (κ3) is 9.71. The summed E-state index contributed by atoms with van der Waals surface area (Å²) in [5.41, 5.74) is -2.71. The fourth-order valence-corrected chi connectivity index (χ4v) is 7.98. The second-order valence-electron chi connectivity index (χ2n) is 15.5. The summed E-state index contributed by atoms with van der Waals surface area (Å²) in [6.45, 7) is 13.3. The van der Waals surface area contributed by atoms with Crippen LogP contribution in [0, 0.1) is 23.7 Å². The van der Waals surface area contributed by atoms with Crippen molar-refractivity contribution in [2.24, 2.45) is 23.7 Å². The van der Waals surface area contributed by atoms with E-state index in [0.717, 1.165) is 0 Å². The van der Waals surface area contributed by atoms with E-state index in [1.54, 1.807) is 58.9 Å². The number of cyclic esters (lactones) is 1. The maximum Gasteiger partial charge on any atom is 0.312 e. The van der Waals surface area contributed by atoms with E-state index in [-0.39, 0.29) is 37.2 Å². The molecule has 0 aliphatic carbocycles. The molecule has 0 unspecified atom stereocenters. The lowest BCUT2D eigenvalue weighted by Gasteiger charge is -2.48. The zero-order valence-corrected chi connectivity index (χ0v) is 33.0. The van der Waals surface area contributed by atoms with Gasteiger partial charge in [-0.25, -0.2) is 0 Å². The van der Waals surface area contributed by atoms with Crippen molar-refractivity contribution >= 4 is 17.7 Å². The number of aliphatic hydroxyl groups is 3. The Balaban J connectivity index is 2.20. The van der Waals surface area contributed by atoms with Gasteiger partial charge in [0.15, 0.2) is 6.29 Å². The third-order valence-corrected chi connectivity index (χ3v) is 11.3. The minimum atomic E-state index is -1.99. The molecule has 2 fully saturated rings. The van der Waals surface area contributed by atoms with Gasteiger partial charge in [-0.2, -0.15) is 0 Å². The van der Waals surface area contributed by atoms with Crippen molar-refractivity contribution in [2.45, 2.75) is 141 Å². The molecule has 14 atom stereocenters. The number of rotatable bonds is 9. The molecule has 296 valence electrons. The Morgan fingerprint density at radius 2 is 1.65 bits per heavy atom. The Hall–Kier alpha value is -2.65. The molecule has 13 heteroatoms. The van der Waals surface area contributed by atoms with Crippen molar-refractivity contribution in [2.75, 3.05) is 28.3 Å². The SMILES string of the molecule is CC[C@H]1OC(=O)[C@H](C)[C@@H](OC(=O)Cc2ccccc2OC)[C@H](C)[C@@H](O[C@@H]2O[C@H](C)C[C@H](N(C)C)[C@H]2O)[C@@](C)(OC)C[C@@H](C)C(=O)[C@H](C)[C@@H](O)[C@]1(C)O. The van der Waals surface area contributed by atoms with Crippen molar-refractivity contribution in [3.8, 4) is 5.75 Å². The van der Waals surface area contributed by atoms with E-state index in [0.29, 0.717) is 17.7 Å². The number of carbonyl (C=O) groups excluding carboxylic acids is 3. The topological polar surface area (TPSA) is 171 Å². The van der Waals surface area contributed by atoms with Crippen LogP contribution in [0.5, 0.6) is 5.75 Å². The predicted molar refractivity (Wildman–Crippen MR) is 192 cm³/mol. The number of hydrogen-bond acceptors (Lipinski definition) is 13. The number of methoxy groups -OCH3 is 2. The Morgan fingerprint density at radius 3 is 2.23 bits per heavy atom. The Bertz CT molecular complexity index is 1350. The van der Waals surface area contributed by atoms with Crippen LogP contribution in [0.4, 0.5) is 0 Å². The zero-order chi connectivity index (χ0) is 39.3. The molecule has 2 aliphatic heterocycles. The van der Waals surface area contributed by atoms with Crippen molar-refractivity contribution in [3.05, 3.63) is 29.8 Å². The molecule has 0 spiro atoms. The monoisotopic (exact) mass is 737 g/mol. The quantitative estimate of drug-likeness (QED) is 0.316. The maximum atomic E-state index is 14.0. The summed E-state index contributed by atoms with van der Waals surface area (Å²) in [6.07, 6.45) is -6.93. The Labute approximate surface area is 309 Å². The van der Waals surface area contributed by atoms with E-state index in [1.807, 2.05) is 25.9 Å². The number of ketones is 1. The molecule has 0 amide bonds. The van der Waals surface area contributed by atoms with Crippen LogP contribution in [0.1, 0.15) is 80.2 Å². The number of aliphatic hydroxyl groups excluding tert-OH is 2. The first-order valence-corrected chi connectivity index (χ1v) is 18.4. The minimum absolute atomic E-state index is 0.0733. The van der Waals surface area contributed by atoms with Gasteiger partial charge in [0.1, 0.15) is 35.4 Å². The standard InChI is InChI=1S/C39H63NO12/c1-13-29-39(8,46)34(44)23(4)31(42)21(2)20-38(7,48-12)35(52-37-32(43)27(40(9)10)18-22(3)49-37)24(5)33(25(6)36(45)50-29)51-30(41)19-26-16-14-15-17-28(26)47-11/h14-17,21-25,27,29,32-35,37,43-44,46H,13,18-20H2,1-12H3/t21-,22-,23+,24+,25-,27+,29-,32-,33+,34-,35-,37+,38+,39-/m1/s1. The van der Waals surface area contributed by atoms with Crippen molar-refractivity contribution < 1.29 is 58.1 Å². The van der Waals surface area contributed by atoms with Gasteiger partial charge >= 0.3 is 11.9 Å². The molecule has 52 heavy (non-hydrogen) atoms. The van der Waals surface area contributed by atoms with Crippen LogP contribution < -0.4 is 4.74 Å². The lowest BCUT2D eigenvalue weighted by Crippen LogP contribution is -2.60. The fraction of sp³-hybridized carbons (Fsp3) is 0.769. The van der Waals surface area contributed by atoms with Gasteiger partial charge in [-0.15, -0.1) is 0 Å². The highest BCUT2D eigenvalue weighted by Crippen LogP contribution is 2.40. The highest BCUT2D eigenvalue weighted by molar-refractivity contribution is 5.83. The summed E-state index contributed by atoms with van der Waals surface area (Å²) in [6, 6.07) is 6.72. The van der Waals surface area contributed by atoms with E-state index in [1.165, 1.54) is 28.1 Å². The first-order chi connectivity index (χ1) is 24.2. The summed E-state index contributed by atoms with van der Waals surface area (Å²) >= 11 is 0. The van der Waals surface area contributed by atoms with E-state index in [9.17, 15) is 29.7 Å². The summed E-state index contributed by atoms with van der Waals surface area (Å²) in [5.74, 6) is -4.99. The summed E-state index contributed by atoms with van der Waals surface area (Å²) in [5, 5.41) is 34.5. The van der Waals surface area contributed by atoms with Crippen molar-refractivity contribution in [3.63, 3.8) is 0 Å². The predicted octanol–water partition coefficient (Wildman–Crippen LogP) is 3.32. The average Bonchev–Trinajstić information content (AvgIpc) is 3.10. The number of para-hydroxylation sites is 1. The number of nitrogens with zero attached hydrogens (tertiary/aromatic N) is 1. The van der Waals surface area contributed by atoms with Gasteiger partial charge in [-0.05, 0) is 67.1 Å². The van der Waals surface area contributed by atoms with Gasteiger partial charge in [-0.3, -0.25) is 14.4 Å². The molecule has 2 saturated heterocycles. The molecule has 2 aliphatic rings. The average molecular weight is 738 g/mol. The molecule has 2 heterocycles. The number of benzene rings is 1.